The molecule has 1 saturated carbocycles. The number of fused-ring (bicyclic) bond motifs is 3. The van der Waals surface area contributed by atoms with Crippen LogP contribution in [0.5, 0.6) is 0 Å². The molecule has 1 amide bonds. The van der Waals surface area contributed by atoms with Gasteiger partial charge in [-0.05, 0) is 51.5 Å². The van der Waals surface area contributed by atoms with Gasteiger partial charge in [-0.3, -0.25) is 4.79 Å². The molecule has 3 aliphatic rings. The summed E-state index contributed by atoms with van der Waals surface area (Å²) in [7, 11) is 1.95. The van der Waals surface area contributed by atoms with Crippen molar-refractivity contribution in [3.05, 3.63) is 23.0 Å². The van der Waals surface area contributed by atoms with Crippen LogP contribution in [0.15, 0.2) is 10.6 Å². The summed E-state index contributed by atoms with van der Waals surface area (Å²) >= 11 is 0. The fourth-order valence-corrected chi connectivity index (χ4v) is 4.57. The van der Waals surface area contributed by atoms with Crippen LogP contribution < -0.4 is 5.32 Å². The van der Waals surface area contributed by atoms with Gasteiger partial charge in [0, 0.05) is 36.8 Å². The molecule has 2 bridgehead atoms. The van der Waals surface area contributed by atoms with Gasteiger partial charge in [-0.25, -0.2) is 4.98 Å². The Labute approximate surface area is 159 Å². The summed E-state index contributed by atoms with van der Waals surface area (Å²) in [6.45, 7) is 1.88. The van der Waals surface area contributed by atoms with Crippen molar-refractivity contribution in [2.24, 2.45) is 0 Å². The van der Waals surface area contributed by atoms with Crippen molar-refractivity contribution in [3.63, 3.8) is 0 Å². The van der Waals surface area contributed by atoms with E-state index in [4.69, 9.17) is 4.52 Å². The zero-order chi connectivity index (χ0) is 17.1. The Kier molecular flexibility index (Phi) is 4.43. The third-order valence-electron chi connectivity index (χ3n) is 6.18. The maximum Gasteiger partial charge on any atom is 0.259 e. The van der Waals surface area contributed by atoms with Crippen LogP contribution in [0.2, 0.25) is 0 Å². The predicted molar refractivity (Wildman–Crippen MR) is 101 cm³/mol. The van der Waals surface area contributed by atoms with Crippen molar-refractivity contribution in [1.82, 2.24) is 20.4 Å². The topological polar surface area (TPSA) is 71.3 Å². The zero-order valence-corrected chi connectivity index (χ0v) is 16.0. The molecular weight excluding hydrogens is 352 g/mol. The van der Waals surface area contributed by atoms with Crippen LogP contribution in [0.3, 0.4) is 0 Å². The van der Waals surface area contributed by atoms with Crippen LogP contribution in [0, 0.1) is 6.92 Å². The number of pyridine rings is 1. The molecule has 1 aliphatic carbocycles. The van der Waals surface area contributed by atoms with Gasteiger partial charge in [-0.1, -0.05) is 5.16 Å². The number of nitrogens with one attached hydrogen (secondary N) is 1. The molecule has 3 fully saturated rings. The Bertz CT molecular complexity index is 835. The Morgan fingerprint density at radius 3 is 2.58 bits per heavy atom. The molecule has 2 aromatic rings. The average Bonchev–Trinajstić information content (AvgIpc) is 3.34. The van der Waals surface area contributed by atoms with Crippen molar-refractivity contribution >= 4 is 29.4 Å². The highest BCUT2D eigenvalue weighted by Gasteiger charge is 2.37. The minimum absolute atomic E-state index is 0. The molecular formula is C19H25ClN4O2. The molecule has 2 aromatic heterocycles. The summed E-state index contributed by atoms with van der Waals surface area (Å²) in [5.41, 5.74) is 2.93. The summed E-state index contributed by atoms with van der Waals surface area (Å²) in [5, 5.41) is 8.47. The second kappa shape index (κ2) is 6.50. The van der Waals surface area contributed by atoms with Crippen molar-refractivity contribution in [2.75, 3.05) is 7.05 Å². The number of piperidine rings is 1. The van der Waals surface area contributed by atoms with Crippen molar-refractivity contribution < 1.29 is 9.32 Å². The number of rotatable bonds is 3. The van der Waals surface area contributed by atoms with E-state index in [1.807, 2.05) is 24.9 Å². The van der Waals surface area contributed by atoms with Crippen molar-refractivity contribution in [1.29, 1.82) is 0 Å². The Hall–Kier alpha value is -1.66. The highest BCUT2D eigenvalue weighted by molar-refractivity contribution is 6.06. The molecule has 140 valence electrons. The number of amides is 1. The molecule has 26 heavy (non-hydrogen) atoms. The highest BCUT2D eigenvalue weighted by Crippen LogP contribution is 2.41. The SMILES string of the molecule is Cc1noc2nc(C3CC3)cc(C(=O)N(C)C3CC4CCC(C3)N4)c12.Cl. The third-order valence-corrected chi connectivity index (χ3v) is 6.18. The van der Waals surface area contributed by atoms with Crippen LogP contribution in [0.25, 0.3) is 11.1 Å². The monoisotopic (exact) mass is 376 g/mol. The van der Waals surface area contributed by atoms with E-state index in [-0.39, 0.29) is 18.3 Å². The zero-order valence-electron chi connectivity index (χ0n) is 15.2. The number of hydrogen-bond donors (Lipinski definition) is 1. The van der Waals surface area contributed by atoms with Crippen LogP contribution in [-0.2, 0) is 0 Å². The van der Waals surface area contributed by atoms with Gasteiger partial charge in [0.25, 0.3) is 11.6 Å². The number of aromatic nitrogens is 2. The first-order chi connectivity index (χ1) is 12.1. The average molecular weight is 377 g/mol. The molecule has 0 spiro atoms. The molecule has 4 heterocycles. The molecule has 0 radical (unpaired) electrons. The molecule has 6 nitrogen and oxygen atoms in total. The van der Waals surface area contributed by atoms with Gasteiger partial charge in [0.2, 0.25) is 0 Å². The Morgan fingerprint density at radius 2 is 1.92 bits per heavy atom. The van der Waals surface area contributed by atoms with Gasteiger partial charge in [-0.2, -0.15) is 0 Å². The van der Waals surface area contributed by atoms with Gasteiger partial charge in [-0.15, -0.1) is 12.4 Å². The lowest BCUT2D eigenvalue weighted by molar-refractivity contribution is 0.0683. The lowest BCUT2D eigenvalue weighted by Gasteiger charge is -2.35. The number of nitrogens with zero attached hydrogens (tertiary/aromatic N) is 3. The predicted octanol–water partition coefficient (Wildman–Crippen LogP) is 3.19. The third kappa shape index (κ3) is 2.89. The second-order valence-corrected chi connectivity index (χ2v) is 8.00. The fourth-order valence-electron chi connectivity index (χ4n) is 4.57. The number of aryl methyl sites for hydroxylation is 1. The summed E-state index contributed by atoms with van der Waals surface area (Å²) in [6, 6.07) is 3.42. The Balaban J connectivity index is 0.00000168. The largest absolute Gasteiger partial charge is 0.339 e. The summed E-state index contributed by atoms with van der Waals surface area (Å²) in [6.07, 6.45) is 6.86. The molecule has 2 aliphatic heterocycles. The second-order valence-electron chi connectivity index (χ2n) is 8.00. The maximum absolute atomic E-state index is 13.3. The van der Waals surface area contributed by atoms with Gasteiger partial charge < -0.3 is 14.7 Å². The van der Waals surface area contributed by atoms with Crippen LogP contribution in [0.1, 0.15) is 66.2 Å². The molecule has 2 saturated heterocycles. The fraction of sp³-hybridized carbons (Fsp3) is 0.632. The van der Waals surface area contributed by atoms with Crippen LogP contribution in [-0.4, -0.2) is 46.1 Å². The molecule has 1 N–H and O–H groups in total. The quantitative estimate of drug-likeness (QED) is 0.890. The first-order valence-electron chi connectivity index (χ1n) is 9.40. The molecule has 5 rings (SSSR count). The van der Waals surface area contributed by atoms with Crippen molar-refractivity contribution in [2.45, 2.75) is 69.5 Å². The first kappa shape index (κ1) is 17.7. The van der Waals surface area contributed by atoms with Gasteiger partial charge in [0.15, 0.2) is 0 Å². The minimum Gasteiger partial charge on any atom is -0.339 e. The van der Waals surface area contributed by atoms with E-state index in [9.17, 15) is 4.79 Å². The first-order valence-corrected chi connectivity index (χ1v) is 9.40. The minimum atomic E-state index is 0. The molecule has 7 heteroatoms. The summed E-state index contributed by atoms with van der Waals surface area (Å²) in [4.78, 5) is 19.9. The number of hydrogen-bond acceptors (Lipinski definition) is 5. The van der Waals surface area contributed by atoms with Gasteiger partial charge in [0.1, 0.15) is 0 Å². The van der Waals surface area contributed by atoms with E-state index >= 15 is 0 Å². The number of carbonyl (C=O) groups is 1. The number of carbonyl (C=O) groups excluding carboxylic acids is 1. The maximum atomic E-state index is 13.3. The standard InChI is InChI=1S/C19H24N4O2.ClH/c1-10-17-15(9-16(11-3-4-11)21-18(17)25-22-10)19(24)23(2)14-7-12-5-6-13(8-14)20-12;/h9,11-14,20H,3-8H2,1-2H3;1H. The number of halogens is 1. The smallest absolute Gasteiger partial charge is 0.259 e. The van der Waals surface area contributed by atoms with E-state index in [1.54, 1.807) is 0 Å². The molecule has 2 atom stereocenters. The van der Waals surface area contributed by atoms with Gasteiger partial charge >= 0.3 is 0 Å². The molecule has 0 aromatic carbocycles. The van der Waals surface area contributed by atoms with E-state index in [0.717, 1.165) is 42.5 Å². The van der Waals surface area contributed by atoms with E-state index in [1.165, 1.54) is 12.8 Å². The Morgan fingerprint density at radius 1 is 1.23 bits per heavy atom. The van der Waals surface area contributed by atoms with Crippen LogP contribution in [0.4, 0.5) is 0 Å². The van der Waals surface area contributed by atoms with Crippen molar-refractivity contribution in [3.8, 4) is 0 Å². The highest BCUT2D eigenvalue weighted by atomic mass is 35.5. The molecule has 2 unspecified atom stereocenters. The van der Waals surface area contributed by atoms with E-state index < -0.39 is 0 Å². The van der Waals surface area contributed by atoms with E-state index in [2.05, 4.69) is 15.5 Å². The lowest BCUT2D eigenvalue weighted by atomic mass is 9.97. The lowest BCUT2D eigenvalue weighted by Crippen LogP contribution is -2.48. The summed E-state index contributed by atoms with van der Waals surface area (Å²) < 4.78 is 5.39. The normalized spacial score (nSPS) is 27.4. The van der Waals surface area contributed by atoms with Gasteiger partial charge in [0.05, 0.1) is 16.6 Å². The van der Waals surface area contributed by atoms with Crippen LogP contribution >= 0.6 is 12.4 Å². The summed E-state index contributed by atoms with van der Waals surface area (Å²) in [5.74, 6) is 0.549. The van der Waals surface area contributed by atoms with E-state index in [0.29, 0.717) is 35.3 Å².